The zero-order chi connectivity index (χ0) is 13.5. The normalized spacial score (nSPS) is 11.9. The van der Waals surface area contributed by atoms with Crippen LogP contribution in [0, 0.1) is 6.92 Å². The average molecular weight is 247 g/mol. The summed E-state index contributed by atoms with van der Waals surface area (Å²) in [6.07, 6.45) is 2.14. The molecule has 0 aliphatic carbocycles. The fraction of sp³-hybridized carbons (Fsp3) is 0.538. The minimum absolute atomic E-state index is 0.00309. The monoisotopic (exact) mass is 247 g/mol. The number of hydrogen-bond donors (Lipinski definition) is 2. The molecule has 5 nitrogen and oxygen atoms in total. The number of aromatic nitrogens is 3. The number of nitrogens with one attached hydrogen (secondary N) is 2. The number of aryl methyl sites for hydroxylation is 1. The van der Waals surface area contributed by atoms with Crippen LogP contribution in [0.5, 0.6) is 0 Å². The summed E-state index contributed by atoms with van der Waals surface area (Å²) < 4.78 is 2.20. The highest BCUT2D eigenvalue weighted by Crippen LogP contribution is 2.30. The van der Waals surface area contributed by atoms with Gasteiger partial charge in [0, 0.05) is 25.8 Å². The molecule has 0 bridgehead atoms. The largest absolute Gasteiger partial charge is 0.372 e. The van der Waals surface area contributed by atoms with Crippen LogP contribution in [0.25, 0.3) is 11.0 Å². The van der Waals surface area contributed by atoms with Gasteiger partial charge in [0.1, 0.15) is 11.5 Å². The smallest absolute Gasteiger partial charge is 0.226 e. The molecule has 0 spiro atoms. The molecule has 0 atom stereocenters. The molecule has 0 saturated carbocycles. The van der Waals surface area contributed by atoms with Gasteiger partial charge in [-0.05, 0) is 33.3 Å². The Hall–Kier alpha value is -1.78. The van der Waals surface area contributed by atoms with Crippen LogP contribution in [0.3, 0.4) is 0 Å². The summed E-state index contributed by atoms with van der Waals surface area (Å²) in [5.74, 6) is 1.50. The molecule has 2 heterocycles. The molecule has 5 heteroatoms. The lowest BCUT2D eigenvalue weighted by Gasteiger charge is -2.22. The number of nitrogens with zero attached hydrogens (tertiary/aromatic N) is 3. The van der Waals surface area contributed by atoms with Gasteiger partial charge in [-0.2, -0.15) is 9.97 Å². The molecule has 0 radical (unpaired) electrons. The van der Waals surface area contributed by atoms with Crippen molar-refractivity contribution in [2.75, 3.05) is 24.7 Å². The van der Waals surface area contributed by atoms with Crippen molar-refractivity contribution in [1.29, 1.82) is 0 Å². The maximum atomic E-state index is 4.59. The van der Waals surface area contributed by atoms with Crippen LogP contribution in [0.2, 0.25) is 0 Å². The van der Waals surface area contributed by atoms with E-state index in [1.807, 2.05) is 14.1 Å². The fourth-order valence-corrected chi connectivity index (χ4v) is 2.11. The van der Waals surface area contributed by atoms with E-state index in [-0.39, 0.29) is 5.54 Å². The third-order valence-electron chi connectivity index (χ3n) is 3.02. The van der Waals surface area contributed by atoms with E-state index in [4.69, 9.17) is 0 Å². The topological polar surface area (TPSA) is 54.8 Å². The molecule has 18 heavy (non-hydrogen) atoms. The van der Waals surface area contributed by atoms with E-state index in [9.17, 15) is 0 Å². The molecular weight excluding hydrogens is 226 g/mol. The first-order valence-corrected chi connectivity index (χ1v) is 6.14. The Bertz CT molecular complexity index is 577. The van der Waals surface area contributed by atoms with Gasteiger partial charge in [0.25, 0.3) is 0 Å². The lowest BCUT2D eigenvalue weighted by Crippen LogP contribution is -2.21. The molecule has 0 aliphatic heterocycles. The van der Waals surface area contributed by atoms with Gasteiger partial charge in [0.15, 0.2) is 0 Å². The van der Waals surface area contributed by atoms with Gasteiger partial charge in [-0.3, -0.25) is 0 Å². The standard InChI is InChI=1S/C13H21N5/c1-8-7-18(13(2,3)4)11-9(8)10(14-5)16-12(15-6)17-11/h7H,1-6H3,(H2,14,15,16,17). The van der Waals surface area contributed by atoms with Crippen molar-refractivity contribution >= 4 is 22.8 Å². The zero-order valence-electron chi connectivity index (χ0n) is 11.9. The van der Waals surface area contributed by atoms with E-state index < -0.39 is 0 Å². The highest BCUT2D eigenvalue weighted by Gasteiger charge is 2.20. The van der Waals surface area contributed by atoms with Crippen LogP contribution in [0.15, 0.2) is 6.20 Å². The zero-order valence-corrected chi connectivity index (χ0v) is 11.9. The highest BCUT2D eigenvalue weighted by molar-refractivity contribution is 5.92. The van der Waals surface area contributed by atoms with E-state index in [1.165, 1.54) is 5.56 Å². The lowest BCUT2D eigenvalue weighted by atomic mass is 10.1. The predicted octanol–water partition coefficient (Wildman–Crippen LogP) is 2.58. The van der Waals surface area contributed by atoms with Gasteiger partial charge in [0.05, 0.1) is 5.39 Å². The summed E-state index contributed by atoms with van der Waals surface area (Å²) in [7, 11) is 3.72. The van der Waals surface area contributed by atoms with Gasteiger partial charge in [-0.25, -0.2) is 0 Å². The lowest BCUT2D eigenvalue weighted by molar-refractivity contribution is 0.408. The van der Waals surface area contributed by atoms with Crippen LogP contribution in [-0.2, 0) is 5.54 Å². The Morgan fingerprint density at radius 2 is 1.78 bits per heavy atom. The van der Waals surface area contributed by atoms with Crippen molar-refractivity contribution < 1.29 is 0 Å². The number of fused-ring (bicyclic) bond motifs is 1. The van der Waals surface area contributed by atoms with Gasteiger partial charge < -0.3 is 15.2 Å². The minimum Gasteiger partial charge on any atom is -0.372 e. The van der Waals surface area contributed by atoms with Gasteiger partial charge in [-0.15, -0.1) is 0 Å². The first kappa shape index (κ1) is 12.7. The molecule has 0 aromatic carbocycles. The molecule has 2 aromatic heterocycles. The molecule has 2 aromatic rings. The minimum atomic E-state index is -0.00309. The van der Waals surface area contributed by atoms with E-state index in [0.717, 1.165) is 16.9 Å². The van der Waals surface area contributed by atoms with Crippen molar-refractivity contribution in [3.05, 3.63) is 11.8 Å². The first-order valence-electron chi connectivity index (χ1n) is 6.14. The van der Waals surface area contributed by atoms with Crippen molar-refractivity contribution in [1.82, 2.24) is 14.5 Å². The Morgan fingerprint density at radius 3 is 2.28 bits per heavy atom. The molecule has 0 aliphatic rings. The summed E-state index contributed by atoms with van der Waals surface area (Å²) in [5.41, 5.74) is 2.15. The SMILES string of the molecule is CNc1nc(NC)c2c(C)cn(C(C)(C)C)c2n1. The number of anilines is 2. The van der Waals surface area contributed by atoms with Crippen molar-refractivity contribution in [2.24, 2.45) is 0 Å². The molecule has 2 rings (SSSR count). The van der Waals surface area contributed by atoms with Crippen molar-refractivity contribution in [3.63, 3.8) is 0 Å². The molecule has 98 valence electrons. The van der Waals surface area contributed by atoms with Crippen LogP contribution in [0.4, 0.5) is 11.8 Å². The third-order valence-corrected chi connectivity index (χ3v) is 3.02. The Kier molecular flexibility index (Phi) is 2.92. The summed E-state index contributed by atoms with van der Waals surface area (Å²) >= 11 is 0. The van der Waals surface area contributed by atoms with Gasteiger partial charge in [-0.1, -0.05) is 0 Å². The summed E-state index contributed by atoms with van der Waals surface area (Å²) in [6, 6.07) is 0. The number of hydrogen-bond acceptors (Lipinski definition) is 4. The predicted molar refractivity (Wildman–Crippen MR) is 76.4 cm³/mol. The molecule has 0 saturated heterocycles. The van der Waals surface area contributed by atoms with Crippen LogP contribution in [-0.4, -0.2) is 28.6 Å². The molecule has 0 fully saturated rings. The second kappa shape index (κ2) is 4.15. The maximum Gasteiger partial charge on any atom is 0.226 e. The Morgan fingerprint density at radius 1 is 1.11 bits per heavy atom. The van der Waals surface area contributed by atoms with E-state index in [2.05, 4.69) is 59.1 Å². The second-order valence-corrected chi connectivity index (χ2v) is 5.45. The quantitative estimate of drug-likeness (QED) is 0.856. The van der Waals surface area contributed by atoms with Crippen molar-refractivity contribution in [2.45, 2.75) is 33.2 Å². The fourth-order valence-electron chi connectivity index (χ4n) is 2.11. The van der Waals surface area contributed by atoms with Crippen LogP contribution in [0.1, 0.15) is 26.3 Å². The van der Waals surface area contributed by atoms with Crippen LogP contribution < -0.4 is 10.6 Å². The molecular formula is C13H21N5. The third kappa shape index (κ3) is 1.89. The summed E-state index contributed by atoms with van der Waals surface area (Å²) in [4.78, 5) is 9.04. The maximum absolute atomic E-state index is 4.59. The Balaban J connectivity index is 2.84. The first-order chi connectivity index (χ1) is 8.38. The second-order valence-electron chi connectivity index (χ2n) is 5.45. The van der Waals surface area contributed by atoms with E-state index in [0.29, 0.717) is 5.95 Å². The van der Waals surface area contributed by atoms with E-state index >= 15 is 0 Å². The van der Waals surface area contributed by atoms with Gasteiger partial charge in [0.2, 0.25) is 5.95 Å². The number of rotatable bonds is 2. The average Bonchev–Trinajstić information content (AvgIpc) is 2.65. The summed E-state index contributed by atoms with van der Waals surface area (Å²) in [6.45, 7) is 8.61. The van der Waals surface area contributed by atoms with Crippen molar-refractivity contribution in [3.8, 4) is 0 Å². The highest BCUT2D eigenvalue weighted by atomic mass is 15.2. The molecule has 2 N–H and O–H groups in total. The van der Waals surface area contributed by atoms with Gasteiger partial charge >= 0.3 is 0 Å². The Labute approximate surface area is 108 Å². The van der Waals surface area contributed by atoms with Crippen LogP contribution >= 0.6 is 0 Å². The molecule has 0 amide bonds. The molecule has 0 unspecified atom stereocenters. The van der Waals surface area contributed by atoms with E-state index in [1.54, 1.807) is 0 Å². The summed E-state index contributed by atoms with van der Waals surface area (Å²) in [5, 5.41) is 7.24.